The van der Waals surface area contributed by atoms with Crippen LogP contribution in [0.5, 0.6) is 0 Å². The van der Waals surface area contributed by atoms with E-state index in [2.05, 4.69) is 36.4 Å². The first-order valence-electron chi connectivity index (χ1n) is 3.54. The average molecular weight is 252 g/mol. The summed E-state index contributed by atoms with van der Waals surface area (Å²) >= 11 is 2.30. The summed E-state index contributed by atoms with van der Waals surface area (Å²) in [7, 11) is 0. The number of hydrogen-bond donors (Lipinski definition) is 1. The fourth-order valence-electron chi connectivity index (χ4n) is 1.42. The SMILES string of the molecule is CC1(C)CC(I)=CC(O)C1. The zero-order valence-electron chi connectivity index (χ0n) is 6.39. The third-order valence-corrected chi connectivity index (χ3v) is 2.52. The third-order valence-electron chi connectivity index (χ3n) is 1.78. The summed E-state index contributed by atoms with van der Waals surface area (Å²) in [6.45, 7) is 4.39. The van der Waals surface area contributed by atoms with E-state index in [-0.39, 0.29) is 6.10 Å². The fourth-order valence-corrected chi connectivity index (χ4v) is 2.87. The van der Waals surface area contributed by atoms with Crippen molar-refractivity contribution in [3.05, 3.63) is 9.66 Å². The molecule has 0 aromatic rings. The summed E-state index contributed by atoms with van der Waals surface area (Å²) < 4.78 is 1.29. The highest BCUT2D eigenvalue weighted by molar-refractivity contribution is 14.1. The number of aliphatic hydroxyl groups is 1. The van der Waals surface area contributed by atoms with Crippen molar-refractivity contribution in [2.75, 3.05) is 0 Å². The first kappa shape index (κ1) is 8.53. The largest absolute Gasteiger partial charge is 0.389 e. The lowest BCUT2D eigenvalue weighted by atomic mass is 9.80. The summed E-state index contributed by atoms with van der Waals surface area (Å²) in [5, 5.41) is 9.33. The molecule has 1 unspecified atom stereocenters. The van der Waals surface area contributed by atoms with Gasteiger partial charge in [0.25, 0.3) is 0 Å². The van der Waals surface area contributed by atoms with Crippen LogP contribution in [-0.2, 0) is 0 Å². The Labute approximate surface area is 75.7 Å². The highest BCUT2D eigenvalue weighted by atomic mass is 127. The molecule has 1 aliphatic carbocycles. The second-order valence-corrected chi connectivity index (χ2v) is 5.11. The molecule has 0 amide bonds. The van der Waals surface area contributed by atoms with Crippen molar-refractivity contribution in [1.29, 1.82) is 0 Å². The van der Waals surface area contributed by atoms with Crippen LogP contribution in [0.3, 0.4) is 0 Å². The molecule has 1 atom stereocenters. The van der Waals surface area contributed by atoms with E-state index < -0.39 is 0 Å². The number of allylic oxidation sites excluding steroid dienone is 1. The van der Waals surface area contributed by atoms with Gasteiger partial charge in [-0.25, -0.2) is 0 Å². The van der Waals surface area contributed by atoms with Crippen molar-refractivity contribution < 1.29 is 5.11 Å². The molecule has 0 saturated heterocycles. The Morgan fingerprint density at radius 1 is 1.70 bits per heavy atom. The maximum Gasteiger partial charge on any atom is 0.0736 e. The third kappa shape index (κ3) is 2.23. The minimum absolute atomic E-state index is 0.212. The second kappa shape index (κ2) is 2.81. The quantitative estimate of drug-likeness (QED) is 0.656. The van der Waals surface area contributed by atoms with Gasteiger partial charge >= 0.3 is 0 Å². The monoisotopic (exact) mass is 252 g/mol. The fraction of sp³-hybridized carbons (Fsp3) is 0.750. The Kier molecular flexibility index (Phi) is 2.40. The van der Waals surface area contributed by atoms with Crippen LogP contribution >= 0.6 is 22.6 Å². The molecule has 0 bridgehead atoms. The van der Waals surface area contributed by atoms with Gasteiger partial charge in [0.05, 0.1) is 6.10 Å². The lowest BCUT2D eigenvalue weighted by Gasteiger charge is -2.30. The molecule has 1 aliphatic rings. The summed E-state index contributed by atoms with van der Waals surface area (Å²) in [4.78, 5) is 0. The van der Waals surface area contributed by atoms with Gasteiger partial charge in [-0.05, 0) is 50.5 Å². The van der Waals surface area contributed by atoms with Gasteiger partial charge in [-0.2, -0.15) is 0 Å². The summed E-state index contributed by atoms with van der Waals surface area (Å²) in [5.74, 6) is 0. The highest BCUT2D eigenvalue weighted by Crippen LogP contribution is 2.37. The molecule has 2 heteroatoms. The van der Waals surface area contributed by atoms with E-state index in [1.807, 2.05) is 6.08 Å². The van der Waals surface area contributed by atoms with E-state index >= 15 is 0 Å². The first-order chi connectivity index (χ1) is 4.49. The summed E-state index contributed by atoms with van der Waals surface area (Å²) in [5.41, 5.74) is 0.296. The highest BCUT2D eigenvalue weighted by Gasteiger charge is 2.26. The van der Waals surface area contributed by atoms with Crippen LogP contribution in [0.1, 0.15) is 26.7 Å². The smallest absolute Gasteiger partial charge is 0.0736 e. The molecule has 10 heavy (non-hydrogen) atoms. The molecule has 0 heterocycles. The average Bonchev–Trinajstić information content (AvgIpc) is 1.54. The zero-order valence-corrected chi connectivity index (χ0v) is 8.55. The molecule has 58 valence electrons. The van der Waals surface area contributed by atoms with E-state index in [9.17, 15) is 5.11 Å². The summed E-state index contributed by atoms with van der Waals surface area (Å²) in [6, 6.07) is 0. The van der Waals surface area contributed by atoms with Gasteiger partial charge in [0.1, 0.15) is 0 Å². The van der Waals surface area contributed by atoms with Crippen LogP contribution < -0.4 is 0 Å². The zero-order chi connectivity index (χ0) is 7.78. The van der Waals surface area contributed by atoms with Crippen LogP contribution in [0.25, 0.3) is 0 Å². The lowest BCUT2D eigenvalue weighted by Crippen LogP contribution is -2.23. The number of halogens is 1. The van der Waals surface area contributed by atoms with Crippen molar-refractivity contribution in [3.8, 4) is 0 Å². The molecule has 0 fully saturated rings. The Morgan fingerprint density at radius 2 is 2.30 bits per heavy atom. The number of aliphatic hydroxyl groups excluding tert-OH is 1. The molecule has 1 N–H and O–H groups in total. The number of rotatable bonds is 0. The predicted molar refractivity (Wildman–Crippen MR) is 51.1 cm³/mol. The van der Waals surface area contributed by atoms with E-state index in [0.29, 0.717) is 5.41 Å². The second-order valence-electron chi connectivity index (χ2n) is 3.73. The van der Waals surface area contributed by atoms with Gasteiger partial charge in [-0.3, -0.25) is 0 Å². The van der Waals surface area contributed by atoms with Gasteiger partial charge in [-0.15, -0.1) is 0 Å². The number of hydrogen-bond acceptors (Lipinski definition) is 1. The molecular formula is C8H13IO. The minimum atomic E-state index is -0.212. The van der Waals surface area contributed by atoms with Crippen LogP contribution in [0.4, 0.5) is 0 Å². The molecule has 1 nitrogen and oxygen atoms in total. The molecule has 0 aromatic heterocycles. The summed E-state index contributed by atoms with van der Waals surface area (Å²) in [6.07, 6.45) is 3.76. The molecule has 1 rings (SSSR count). The van der Waals surface area contributed by atoms with Crippen molar-refractivity contribution >= 4 is 22.6 Å². The normalized spacial score (nSPS) is 31.6. The molecule has 0 aliphatic heterocycles. The topological polar surface area (TPSA) is 20.2 Å². The van der Waals surface area contributed by atoms with E-state index in [1.165, 1.54) is 3.58 Å². The predicted octanol–water partition coefficient (Wildman–Crippen LogP) is 2.49. The lowest BCUT2D eigenvalue weighted by molar-refractivity contribution is 0.142. The Bertz CT molecular complexity index is 161. The van der Waals surface area contributed by atoms with Gasteiger partial charge in [0, 0.05) is 0 Å². The molecular weight excluding hydrogens is 239 g/mol. The van der Waals surface area contributed by atoms with Crippen LogP contribution in [-0.4, -0.2) is 11.2 Å². The van der Waals surface area contributed by atoms with E-state index in [1.54, 1.807) is 0 Å². The molecule has 0 radical (unpaired) electrons. The van der Waals surface area contributed by atoms with Crippen molar-refractivity contribution in [1.82, 2.24) is 0 Å². The maximum atomic E-state index is 9.33. The molecule has 0 saturated carbocycles. The standard InChI is InChI=1S/C8H13IO/c1-8(2)4-6(9)3-7(10)5-8/h3,7,10H,4-5H2,1-2H3. The maximum absolute atomic E-state index is 9.33. The van der Waals surface area contributed by atoms with Gasteiger partial charge in [-0.1, -0.05) is 13.8 Å². The van der Waals surface area contributed by atoms with Crippen molar-refractivity contribution in [3.63, 3.8) is 0 Å². The molecule has 0 spiro atoms. The van der Waals surface area contributed by atoms with Gasteiger partial charge in [0.2, 0.25) is 0 Å². The first-order valence-corrected chi connectivity index (χ1v) is 4.62. The van der Waals surface area contributed by atoms with Gasteiger partial charge in [0.15, 0.2) is 0 Å². The van der Waals surface area contributed by atoms with Crippen molar-refractivity contribution in [2.45, 2.75) is 32.8 Å². The molecule has 0 aromatic carbocycles. The van der Waals surface area contributed by atoms with E-state index in [4.69, 9.17) is 0 Å². The van der Waals surface area contributed by atoms with Crippen molar-refractivity contribution in [2.24, 2.45) is 5.41 Å². The Hall–Kier alpha value is 0.430. The van der Waals surface area contributed by atoms with E-state index in [0.717, 1.165) is 12.8 Å². The van der Waals surface area contributed by atoms with Gasteiger partial charge < -0.3 is 5.11 Å². The minimum Gasteiger partial charge on any atom is -0.389 e. The Balaban J connectivity index is 2.70. The van der Waals surface area contributed by atoms with Crippen LogP contribution in [0.15, 0.2) is 9.66 Å². The van der Waals surface area contributed by atoms with Crippen LogP contribution in [0.2, 0.25) is 0 Å². The Morgan fingerprint density at radius 3 is 2.70 bits per heavy atom. The van der Waals surface area contributed by atoms with Crippen LogP contribution in [0, 0.1) is 5.41 Å².